The molecule has 0 spiro atoms. The minimum absolute atomic E-state index is 0.0662. The van der Waals surface area contributed by atoms with E-state index >= 15 is 0 Å². The second-order valence-electron chi connectivity index (χ2n) is 6.90. The molecule has 2 amide bonds. The maximum atomic E-state index is 13.9. The van der Waals surface area contributed by atoms with E-state index < -0.39 is 81.1 Å². The Morgan fingerprint density at radius 1 is 0.886 bits per heavy atom. The normalized spacial score (nSPS) is 13.1. The van der Waals surface area contributed by atoms with Gasteiger partial charge < -0.3 is 15.4 Å². The number of hydrogen-bond acceptors (Lipinski definition) is 6. The van der Waals surface area contributed by atoms with Crippen molar-refractivity contribution in [1.82, 2.24) is 0 Å². The van der Waals surface area contributed by atoms with Crippen molar-refractivity contribution in [3.8, 4) is 0 Å². The van der Waals surface area contributed by atoms with Gasteiger partial charge in [-0.3, -0.25) is 14.1 Å². The van der Waals surface area contributed by atoms with E-state index in [1.165, 1.54) is 0 Å². The van der Waals surface area contributed by atoms with Crippen LogP contribution in [0.2, 0.25) is 0 Å². The highest BCUT2D eigenvalue weighted by atomic mass is 32.2. The van der Waals surface area contributed by atoms with E-state index in [-0.39, 0.29) is 16.9 Å². The largest absolute Gasteiger partial charge is 0.441 e. The number of amides is 2. The summed E-state index contributed by atoms with van der Waals surface area (Å²) in [4.78, 5) is 36.2. The highest BCUT2D eigenvalue weighted by Crippen LogP contribution is 2.41. The number of esters is 1. The van der Waals surface area contributed by atoms with Gasteiger partial charge in [-0.25, -0.2) is 4.79 Å². The molecule has 0 bridgehead atoms. The Balaban J connectivity index is 4.03. The van der Waals surface area contributed by atoms with E-state index in [2.05, 4.69) is 15.4 Å². The fourth-order valence-corrected chi connectivity index (χ4v) is 3.51. The molecule has 0 saturated carbocycles. The van der Waals surface area contributed by atoms with Gasteiger partial charge in [0.2, 0.25) is 11.8 Å². The summed E-state index contributed by atoms with van der Waals surface area (Å²) >= 11 is 0. The maximum Gasteiger partial charge on any atom is 0.432 e. The molecule has 1 unspecified atom stereocenters. The number of alkyl halides is 5. The summed E-state index contributed by atoms with van der Waals surface area (Å²) in [5.74, 6) is -3.76. The lowest BCUT2D eigenvalue weighted by molar-refractivity contribution is -0.248. The second kappa shape index (κ2) is 11.0. The monoisotopic (exact) mass is 520 g/mol. The Hall–Kier alpha value is -2.62. The predicted molar refractivity (Wildman–Crippen MR) is 115 cm³/mol. The molecule has 1 rings (SSSR count). The van der Waals surface area contributed by atoms with Gasteiger partial charge in [0.15, 0.2) is 0 Å². The number of anilines is 2. The first-order valence-electron chi connectivity index (χ1n) is 9.33. The van der Waals surface area contributed by atoms with Gasteiger partial charge in [0.05, 0.1) is 29.1 Å². The summed E-state index contributed by atoms with van der Waals surface area (Å²) in [6, 6.07) is 0. The van der Waals surface area contributed by atoms with Crippen LogP contribution >= 0.6 is 0 Å². The van der Waals surface area contributed by atoms with Crippen LogP contribution in [0.25, 0.3) is 0 Å². The van der Waals surface area contributed by atoms with Gasteiger partial charge in [0, 0.05) is 25.2 Å². The first-order chi connectivity index (χ1) is 15.8. The Morgan fingerprint density at radius 2 is 1.26 bits per heavy atom. The Bertz CT molecular complexity index is 1090. The van der Waals surface area contributed by atoms with Crippen molar-refractivity contribution in [3.63, 3.8) is 0 Å². The summed E-state index contributed by atoms with van der Waals surface area (Å²) in [7, 11) is 10.2. The summed E-state index contributed by atoms with van der Waals surface area (Å²) in [5, 5.41) is -1.54. The van der Waals surface area contributed by atoms with Crippen LogP contribution in [0.5, 0.6) is 0 Å². The van der Waals surface area contributed by atoms with Gasteiger partial charge >= 0.3 is 27.5 Å². The van der Waals surface area contributed by atoms with Crippen molar-refractivity contribution in [2.75, 3.05) is 10.6 Å². The first-order valence-corrected chi connectivity index (χ1v) is 10.8. The lowest BCUT2D eigenvalue weighted by atomic mass is 9.79. The Kier molecular flexibility index (Phi) is 9.54. The van der Waals surface area contributed by atoms with Crippen LogP contribution in [0.1, 0.15) is 40.9 Å². The average Bonchev–Trinajstić information content (AvgIpc) is 2.68. The number of carbonyl (C=O) groups excluding carboxylic acids is 3. The van der Waals surface area contributed by atoms with Crippen LogP contribution in [0, 0.1) is 0 Å². The van der Waals surface area contributed by atoms with Crippen molar-refractivity contribution < 1.29 is 54.0 Å². The van der Waals surface area contributed by atoms with Gasteiger partial charge in [-0.1, -0.05) is 19.0 Å². The fraction of sp³-hybridized carbons (Fsp3) is 0.471. The molecule has 0 aromatic heterocycles. The third-order valence-electron chi connectivity index (χ3n) is 4.40. The van der Waals surface area contributed by atoms with Crippen molar-refractivity contribution >= 4 is 62.8 Å². The quantitative estimate of drug-likeness (QED) is 0.193. The molecule has 0 saturated heterocycles. The molecule has 35 heavy (non-hydrogen) atoms. The number of ether oxygens (including phenoxy) is 1. The third-order valence-corrected chi connectivity index (χ3v) is 5.30. The molecule has 1 aromatic rings. The molecule has 6 radical (unpaired) electrons. The minimum Gasteiger partial charge on any atom is -0.441 e. The molecule has 0 heterocycles. The summed E-state index contributed by atoms with van der Waals surface area (Å²) in [6.07, 6.45) is -12.7. The lowest BCUT2D eigenvalue weighted by Gasteiger charge is -2.29. The number of halogens is 5. The molecule has 0 fully saturated rings. The van der Waals surface area contributed by atoms with Gasteiger partial charge in [-0.2, -0.15) is 30.4 Å². The highest BCUT2D eigenvalue weighted by Gasteiger charge is 2.66. The molecule has 1 atom stereocenters. The van der Waals surface area contributed by atoms with E-state index in [1.54, 1.807) is 0 Å². The fourth-order valence-electron chi connectivity index (χ4n) is 3.06. The SMILES string of the molecule is [B]Cc1c(NC(C)=O)c(C[B])c(C(=O)OC(C(F)(F)F)C(F)(F)S(=O)(=O)O)c(C[B])c1NC(C)=O. The maximum absolute atomic E-state index is 13.9. The van der Waals surface area contributed by atoms with Crippen LogP contribution in [0.4, 0.5) is 33.3 Å². The number of rotatable bonds is 9. The molecule has 0 aliphatic carbocycles. The van der Waals surface area contributed by atoms with Crippen LogP contribution in [0.15, 0.2) is 0 Å². The molecule has 3 N–H and O–H groups in total. The number of carbonyl (C=O) groups is 3. The topological polar surface area (TPSA) is 139 Å². The number of benzene rings is 1. The first kappa shape index (κ1) is 30.4. The van der Waals surface area contributed by atoms with Gasteiger partial charge in [-0.05, 0) is 16.7 Å². The van der Waals surface area contributed by atoms with Crippen molar-refractivity contribution in [3.05, 3.63) is 22.3 Å². The summed E-state index contributed by atoms with van der Waals surface area (Å²) in [6.45, 7) is 2.00. The molecule has 18 heteroatoms. The zero-order valence-electron chi connectivity index (χ0n) is 18.1. The van der Waals surface area contributed by atoms with Crippen LogP contribution in [-0.2, 0) is 43.4 Å². The van der Waals surface area contributed by atoms with Gasteiger partial charge in [0.25, 0.3) is 6.10 Å². The minimum atomic E-state index is -6.71. The smallest absolute Gasteiger partial charge is 0.432 e. The van der Waals surface area contributed by atoms with Crippen LogP contribution in [0.3, 0.4) is 0 Å². The van der Waals surface area contributed by atoms with E-state index in [0.717, 1.165) is 13.8 Å². The highest BCUT2D eigenvalue weighted by molar-refractivity contribution is 7.86. The van der Waals surface area contributed by atoms with E-state index in [0.29, 0.717) is 0 Å². The molecule has 9 nitrogen and oxygen atoms in total. The summed E-state index contributed by atoms with van der Waals surface area (Å²) < 4.78 is 102. The van der Waals surface area contributed by atoms with Crippen molar-refractivity contribution in [2.24, 2.45) is 0 Å². The standard InChI is InChI=1S/C17H16B3F5N2O7S/c1-6(28)26-12-8(3-18)11(9(4-19)13(10(12)5-20)27-7(2)29)14(30)34-15(16(21,22)23)17(24,25)35(31,32)33/h15H,3-5H2,1-2H3,(H,26,28)(H,27,29)(H,31,32,33). The second-order valence-corrected chi connectivity index (χ2v) is 8.39. The lowest BCUT2D eigenvalue weighted by Crippen LogP contribution is -2.52. The Labute approximate surface area is 200 Å². The molecular formula is C17H16B3F5N2O7S. The predicted octanol–water partition coefficient (Wildman–Crippen LogP) is 1.18. The average molecular weight is 520 g/mol. The summed E-state index contributed by atoms with van der Waals surface area (Å²) in [5.41, 5.74) is -2.66. The van der Waals surface area contributed by atoms with Gasteiger partial charge in [0.1, 0.15) is 0 Å². The van der Waals surface area contributed by atoms with Crippen molar-refractivity contribution in [2.45, 2.75) is 50.3 Å². The van der Waals surface area contributed by atoms with E-state index in [4.69, 9.17) is 28.1 Å². The van der Waals surface area contributed by atoms with Crippen LogP contribution in [-0.4, -0.2) is 71.8 Å². The molecule has 186 valence electrons. The van der Waals surface area contributed by atoms with E-state index in [9.17, 15) is 44.8 Å². The third kappa shape index (κ3) is 6.54. The Morgan fingerprint density at radius 3 is 1.51 bits per heavy atom. The molecular weight excluding hydrogens is 504 g/mol. The van der Waals surface area contributed by atoms with Crippen LogP contribution < -0.4 is 10.6 Å². The number of nitrogens with one attached hydrogen (secondary N) is 2. The molecule has 1 aromatic carbocycles. The molecule has 0 aliphatic rings. The zero-order chi connectivity index (χ0) is 27.5. The molecule has 0 aliphatic heterocycles. The zero-order valence-corrected chi connectivity index (χ0v) is 18.9. The van der Waals surface area contributed by atoms with Crippen molar-refractivity contribution in [1.29, 1.82) is 0 Å². The number of hydrogen-bond donors (Lipinski definition) is 3. The van der Waals surface area contributed by atoms with E-state index in [1.807, 2.05) is 0 Å². The van der Waals surface area contributed by atoms with Gasteiger partial charge in [-0.15, -0.1) is 0 Å².